The third-order valence-corrected chi connectivity index (χ3v) is 4.72. The molecule has 0 bridgehead atoms. The van der Waals surface area contributed by atoms with Crippen LogP contribution in [-0.2, 0) is 6.42 Å². The van der Waals surface area contributed by atoms with Crippen LogP contribution in [0.1, 0.15) is 19.2 Å². The maximum absolute atomic E-state index is 4.67. The molecule has 0 aliphatic heterocycles. The van der Waals surface area contributed by atoms with Gasteiger partial charge in [-0.05, 0) is 17.5 Å². The van der Waals surface area contributed by atoms with Gasteiger partial charge in [0.05, 0.1) is 0 Å². The molecule has 0 spiro atoms. The lowest BCUT2D eigenvalue weighted by atomic mass is 10.0. The Morgan fingerprint density at radius 1 is 0.870 bits per heavy atom. The fourth-order valence-corrected chi connectivity index (χ4v) is 3.45. The quantitative estimate of drug-likeness (QED) is 0.557. The summed E-state index contributed by atoms with van der Waals surface area (Å²) in [4.78, 5) is 0.857. The van der Waals surface area contributed by atoms with Gasteiger partial charge in [0.15, 0.2) is 5.82 Å². The van der Waals surface area contributed by atoms with Crippen molar-refractivity contribution in [2.45, 2.75) is 19.8 Å². The van der Waals surface area contributed by atoms with Crippen LogP contribution in [0.3, 0.4) is 0 Å². The topological polar surface area (TPSA) is 43.1 Å². The molecule has 114 valence electrons. The lowest BCUT2D eigenvalue weighted by Crippen LogP contribution is -1.95. The first-order valence-electron chi connectivity index (χ1n) is 7.72. The van der Waals surface area contributed by atoms with Gasteiger partial charge in [0.25, 0.3) is 0 Å². The number of rotatable bonds is 4. The van der Waals surface area contributed by atoms with Crippen LogP contribution in [0, 0.1) is 0 Å². The largest absolute Gasteiger partial charge is 0.234 e. The second kappa shape index (κ2) is 5.93. The molecule has 0 N–H and O–H groups in total. The van der Waals surface area contributed by atoms with Crippen LogP contribution in [0.5, 0.6) is 0 Å². The zero-order valence-corrected chi connectivity index (χ0v) is 13.6. The molecule has 0 aliphatic rings. The highest BCUT2D eigenvalue weighted by Crippen LogP contribution is 2.28. The highest BCUT2D eigenvalue weighted by molar-refractivity contribution is 7.19. The van der Waals surface area contributed by atoms with E-state index in [1.807, 2.05) is 10.6 Å². The van der Waals surface area contributed by atoms with Gasteiger partial charge < -0.3 is 0 Å². The Bertz CT molecular complexity index is 923. The van der Waals surface area contributed by atoms with E-state index in [9.17, 15) is 0 Å². The van der Waals surface area contributed by atoms with Crippen LogP contribution in [-0.4, -0.2) is 19.8 Å². The van der Waals surface area contributed by atoms with E-state index >= 15 is 0 Å². The third-order valence-electron chi connectivity index (χ3n) is 3.77. The van der Waals surface area contributed by atoms with Gasteiger partial charge in [-0.1, -0.05) is 72.9 Å². The van der Waals surface area contributed by atoms with Crippen molar-refractivity contribution in [1.82, 2.24) is 19.8 Å². The van der Waals surface area contributed by atoms with Crippen LogP contribution in [0.2, 0.25) is 0 Å². The Hall–Kier alpha value is -2.53. The number of fused-ring (bicyclic) bond motifs is 1. The SMILES string of the molecule is CCCc1nnc2sc(-c3ccc(-c4ccccc4)cc3)nn12. The number of aryl methyl sites for hydroxylation is 1. The molecule has 4 rings (SSSR count). The van der Waals surface area contributed by atoms with Crippen molar-refractivity contribution in [3.63, 3.8) is 0 Å². The summed E-state index contributed by atoms with van der Waals surface area (Å²) in [5, 5.41) is 14.1. The summed E-state index contributed by atoms with van der Waals surface area (Å²) in [7, 11) is 0. The predicted molar refractivity (Wildman–Crippen MR) is 93.5 cm³/mol. The summed E-state index contributed by atoms with van der Waals surface area (Å²) in [6.07, 6.45) is 1.94. The highest BCUT2D eigenvalue weighted by atomic mass is 32.1. The van der Waals surface area contributed by atoms with E-state index in [-0.39, 0.29) is 0 Å². The molecule has 4 nitrogen and oxygen atoms in total. The fourth-order valence-electron chi connectivity index (χ4n) is 2.59. The van der Waals surface area contributed by atoms with Crippen LogP contribution in [0.4, 0.5) is 0 Å². The third kappa shape index (κ3) is 2.64. The summed E-state index contributed by atoms with van der Waals surface area (Å²) in [6, 6.07) is 18.9. The van der Waals surface area contributed by atoms with E-state index < -0.39 is 0 Å². The van der Waals surface area contributed by atoms with E-state index in [0.29, 0.717) is 0 Å². The van der Waals surface area contributed by atoms with Gasteiger partial charge in [-0.3, -0.25) is 0 Å². The summed E-state index contributed by atoms with van der Waals surface area (Å²) in [6.45, 7) is 2.14. The van der Waals surface area contributed by atoms with E-state index in [1.54, 1.807) is 11.3 Å². The summed E-state index contributed by atoms with van der Waals surface area (Å²) >= 11 is 1.58. The van der Waals surface area contributed by atoms with Gasteiger partial charge in [0, 0.05) is 12.0 Å². The molecule has 2 aromatic heterocycles. The minimum absolute atomic E-state index is 0.857. The van der Waals surface area contributed by atoms with Crippen molar-refractivity contribution in [3.05, 3.63) is 60.4 Å². The van der Waals surface area contributed by atoms with E-state index in [2.05, 4.69) is 70.8 Å². The lowest BCUT2D eigenvalue weighted by molar-refractivity contribution is 0.778. The molecule has 4 aromatic rings. The van der Waals surface area contributed by atoms with Crippen molar-refractivity contribution in [3.8, 4) is 21.7 Å². The number of hydrogen-bond donors (Lipinski definition) is 0. The van der Waals surface area contributed by atoms with E-state index in [4.69, 9.17) is 0 Å². The van der Waals surface area contributed by atoms with Gasteiger partial charge >= 0.3 is 0 Å². The Morgan fingerprint density at radius 2 is 1.57 bits per heavy atom. The minimum Gasteiger partial charge on any atom is -0.187 e. The Labute approximate surface area is 138 Å². The van der Waals surface area contributed by atoms with Gasteiger partial charge in [-0.15, -0.1) is 10.2 Å². The smallest absolute Gasteiger partial charge is 0.187 e. The first-order valence-corrected chi connectivity index (χ1v) is 8.54. The standard InChI is InChI=1S/C18H16N4S/c1-2-6-16-19-20-18-22(16)21-17(23-18)15-11-9-14(10-12-15)13-7-4-3-5-8-13/h3-5,7-12H,2,6H2,1H3. The summed E-state index contributed by atoms with van der Waals surface area (Å²) in [5.41, 5.74) is 3.55. The first-order chi connectivity index (χ1) is 11.3. The van der Waals surface area contributed by atoms with Gasteiger partial charge in [-0.25, -0.2) is 0 Å². The Kier molecular flexibility index (Phi) is 3.63. The number of hydrogen-bond acceptors (Lipinski definition) is 4. The maximum Gasteiger partial charge on any atom is 0.234 e. The van der Waals surface area contributed by atoms with Crippen molar-refractivity contribution in [2.75, 3.05) is 0 Å². The molecular formula is C18H16N4S. The van der Waals surface area contributed by atoms with Crippen LogP contribution >= 0.6 is 11.3 Å². The zero-order chi connectivity index (χ0) is 15.6. The predicted octanol–water partition coefficient (Wildman–Crippen LogP) is 4.47. The maximum atomic E-state index is 4.67. The second-order valence-electron chi connectivity index (χ2n) is 5.41. The minimum atomic E-state index is 0.857. The average molecular weight is 320 g/mol. The zero-order valence-electron chi connectivity index (χ0n) is 12.8. The van der Waals surface area contributed by atoms with Crippen LogP contribution < -0.4 is 0 Å². The number of nitrogens with zero attached hydrogens (tertiary/aromatic N) is 4. The normalized spacial score (nSPS) is 11.2. The van der Waals surface area contributed by atoms with Crippen molar-refractivity contribution in [2.24, 2.45) is 0 Å². The van der Waals surface area contributed by atoms with Crippen molar-refractivity contribution in [1.29, 1.82) is 0 Å². The van der Waals surface area contributed by atoms with Gasteiger partial charge in [0.2, 0.25) is 4.96 Å². The molecule has 0 saturated heterocycles. The lowest BCUT2D eigenvalue weighted by Gasteiger charge is -2.02. The first kappa shape index (κ1) is 14.1. The molecule has 0 fully saturated rings. The van der Waals surface area contributed by atoms with E-state index in [1.165, 1.54) is 11.1 Å². The monoisotopic (exact) mass is 320 g/mol. The second-order valence-corrected chi connectivity index (χ2v) is 6.37. The Balaban J connectivity index is 1.68. The number of aromatic nitrogens is 4. The van der Waals surface area contributed by atoms with Gasteiger partial charge in [0.1, 0.15) is 5.01 Å². The molecule has 0 unspecified atom stereocenters. The molecule has 0 amide bonds. The Morgan fingerprint density at radius 3 is 2.30 bits per heavy atom. The highest BCUT2D eigenvalue weighted by Gasteiger charge is 2.12. The number of benzene rings is 2. The molecule has 5 heteroatoms. The van der Waals surface area contributed by atoms with Crippen molar-refractivity contribution < 1.29 is 0 Å². The molecule has 0 atom stereocenters. The average Bonchev–Trinajstić information content (AvgIpc) is 3.18. The molecule has 2 aromatic carbocycles. The van der Waals surface area contributed by atoms with Gasteiger partial charge in [-0.2, -0.15) is 9.61 Å². The molecule has 23 heavy (non-hydrogen) atoms. The fraction of sp³-hybridized carbons (Fsp3) is 0.167. The molecule has 2 heterocycles. The van der Waals surface area contributed by atoms with Crippen LogP contribution in [0.15, 0.2) is 54.6 Å². The molecule has 0 saturated carbocycles. The molecular weight excluding hydrogens is 304 g/mol. The van der Waals surface area contributed by atoms with Crippen molar-refractivity contribution >= 4 is 16.3 Å². The van der Waals surface area contributed by atoms with Crippen LogP contribution in [0.25, 0.3) is 26.7 Å². The summed E-state index contributed by atoms with van der Waals surface area (Å²) in [5.74, 6) is 0.936. The molecule has 0 radical (unpaired) electrons. The van der Waals surface area contributed by atoms with E-state index in [0.717, 1.165) is 34.2 Å². The molecule has 0 aliphatic carbocycles. The summed E-state index contributed by atoms with van der Waals surface area (Å²) < 4.78 is 1.87.